The molecule has 0 fully saturated rings. The van der Waals surface area contributed by atoms with E-state index in [9.17, 15) is 30.0 Å². The maximum Gasteiger partial charge on any atom is 0.342 e. The Morgan fingerprint density at radius 3 is 1.20 bits per heavy atom. The molecule has 0 aliphatic heterocycles. The molecule has 0 amide bonds. The van der Waals surface area contributed by atoms with Crippen molar-refractivity contribution in [2.45, 2.75) is 18.6 Å². The number of carbonyl (C=O) groups excluding carboxylic acids is 2. The number of aromatic hydroxyl groups is 2. The number of esters is 2. The quantitative estimate of drug-likeness (QED) is 0.0790. The lowest BCUT2D eigenvalue weighted by molar-refractivity contribution is 0.0125. The van der Waals surface area contributed by atoms with Crippen LogP contribution in [0.4, 0.5) is 0 Å². The number of benzene rings is 8. The SMILES string of the molecule is O=C(OCC(O)COc1ccc2ccccc2c1Cc1c(OCC(O)COC(=O)c2cc3ccccc3cc2O)ccc2ccccc12)c1cc2ccccc2cc1O. The highest BCUT2D eigenvalue weighted by Crippen LogP contribution is 2.37. The van der Waals surface area contributed by atoms with E-state index < -0.39 is 24.1 Å². The summed E-state index contributed by atoms with van der Waals surface area (Å²) in [4.78, 5) is 25.8. The van der Waals surface area contributed by atoms with Crippen LogP contribution in [0.1, 0.15) is 31.8 Å². The third-order valence-corrected chi connectivity index (χ3v) is 10.2. The standard InChI is InChI=1S/C49H40O10/c50-36(28-58-48(54)42-21-32-11-1-3-13-34(32)23-44(42)52)26-56-46-19-17-30-9-5-7-15-38(30)40(46)25-41-39-16-8-6-10-31(39)18-20-47(41)57-27-37(51)29-59-49(55)43-22-33-12-2-4-14-35(33)24-45(43)53/h1-24,36-37,50-53H,25-29H2. The number of phenolic OH excluding ortho intramolecular Hbond substituents is 2. The van der Waals surface area contributed by atoms with Gasteiger partial charge in [-0.05, 0) is 79.5 Å². The number of phenols is 2. The van der Waals surface area contributed by atoms with Crippen LogP contribution in [0, 0.1) is 0 Å². The van der Waals surface area contributed by atoms with Gasteiger partial charge in [-0.25, -0.2) is 9.59 Å². The van der Waals surface area contributed by atoms with Gasteiger partial charge in [0.05, 0.1) is 0 Å². The van der Waals surface area contributed by atoms with Crippen molar-refractivity contribution in [1.82, 2.24) is 0 Å². The fraction of sp³-hybridized carbons (Fsp3) is 0.143. The van der Waals surface area contributed by atoms with E-state index in [0.717, 1.165) is 54.2 Å². The molecule has 0 radical (unpaired) electrons. The van der Waals surface area contributed by atoms with E-state index in [2.05, 4.69) is 0 Å². The van der Waals surface area contributed by atoms with Gasteiger partial charge in [-0.15, -0.1) is 0 Å². The van der Waals surface area contributed by atoms with E-state index in [1.54, 1.807) is 12.1 Å². The number of hydrogen-bond acceptors (Lipinski definition) is 10. The van der Waals surface area contributed by atoms with E-state index in [1.807, 2.05) is 121 Å². The number of hydrogen-bond donors (Lipinski definition) is 4. The molecule has 0 bridgehead atoms. The van der Waals surface area contributed by atoms with Gasteiger partial charge in [0.25, 0.3) is 0 Å². The molecule has 0 heterocycles. The van der Waals surface area contributed by atoms with Crippen molar-refractivity contribution in [2.24, 2.45) is 0 Å². The molecule has 0 saturated carbocycles. The fourth-order valence-electron chi connectivity index (χ4n) is 7.19. The first-order valence-electron chi connectivity index (χ1n) is 19.1. The van der Waals surface area contributed by atoms with Crippen molar-refractivity contribution < 1.29 is 49.0 Å². The largest absolute Gasteiger partial charge is 0.507 e. The molecule has 296 valence electrons. The molecule has 59 heavy (non-hydrogen) atoms. The molecule has 2 atom stereocenters. The van der Waals surface area contributed by atoms with Gasteiger partial charge in [-0.2, -0.15) is 0 Å². The summed E-state index contributed by atoms with van der Waals surface area (Å²) >= 11 is 0. The van der Waals surface area contributed by atoms with Gasteiger partial charge in [0, 0.05) is 17.5 Å². The Morgan fingerprint density at radius 1 is 0.441 bits per heavy atom. The number of fused-ring (bicyclic) bond motifs is 4. The number of aliphatic hydroxyl groups excluding tert-OH is 2. The zero-order valence-electron chi connectivity index (χ0n) is 31.8. The second-order valence-electron chi connectivity index (χ2n) is 14.3. The third-order valence-electron chi connectivity index (χ3n) is 10.2. The molecule has 4 N–H and O–H groups in total. The van der Waals surface area contributed by atoms with Crippen LogP contribution in [-0.4, -0.2) is 71.0 Å². The van der Waals surface area contributed by atoms with Crippen molar-refractivity contribution in [3.8, 4) is 23.0 Å². The summed E-state index contributed by atoms with van der Waals surface area (Å²) in [6.07, 6.45) is -2.03. The van der Waals surface area contributed by atoms with Crippen molar-refractivity contribution in [1.29, 1.82) is 0 Å². The van der Waals surface area contributed by atoms with Crippen LogP contribution in [0.5, 0.6) is 23.0 Å². The molecule has 0 aromatic heterocycles. The molecule has 8 aromatic carbocycles. The second-order valence-corrected chi connectivity index (χ2v) is 14.3. The number of aliphatic hydroxyl groups is 2. The number of ether oxygens (including phenoxy) is 4. The average Bonchev–Trinajstić information content (AvgIpc) is 3.26. The van der Waals surface area contributed by atoms with Crippen molar-refractivity contribution >= 4 is 55.0 Å². The van der Waals surface area contributed by atoms with Crippen LogP contribution in [0.3, 0.4) is 0 Å². The molecule has 0 spiro atoms. The predicted molar refractivity (Wildman–Crippen MR) is 225 cm³/mol. The van der Waals surface area contributed by atoms with Crippen molar-refractivity contribution in [3.63, 3.8) is 0 Å². The molecule has 2 unspecified atom stereocenters. The minimum Gasteiger partial charge on any atom is -0.507 e. The number of rotatable bonds is 14. The van der Waals surface area contributed by atoms with Gasteiger partial charge in [0.2, 0.25) is 0 Å². The Bertz CT molecular complexity index is 2640. The number of carbonyl (C=O) groups is 2. The van der Waals surface area contributed by atoms with E-state index in [0.29, 0.717) is 17.9 Å². The molecule has 0 aliphatic carbocycles. The summed E-state index contributed by atoms with van der Waals surface area (Å²) < 4.78 is 23.2. The second kappa shape index (κ2) is 17.2. The highest BCUT2D eigenvalue weighted by Gasteiger charge is 2.21. The third kappa shape index (κ3) is 8.59. The highest BCUT2D eigenvalue weighted by molar-refractivity contribution is 5.99. The summed E-state index contributed by atoms with van der Waals surface area (Å²) in [6.45, 7) is -1.11. The Morgan fingerprint density at radius 2 is 0.797 bits per heavy atom. The predicted octanol–water partition coefficient (Wildman–Crippen LogP) is 8.49. The maximum atomic E-state index is 12.9. The first-order valence-corrected chi connectivity index (χ1v) is 19.1. The monoisotopic (exact) mass is 788 g/mol. The normalized spacial score (nSPS) is 12.4. The Labute approximate surface area is 339 Å². The molecule has 0 saturated heterocycles. The molecule has 8 rings (SSSR count). The van der Waals surface area contributed by atoms with Crippen molar-refractivity contribution in [3.05, 3.63) is 168 Å². The first-order chi connectivity index (χ1) is 28.7. The van der Waals surface area contributed by atoms with Crippen molar-refractivity contribution in [2.75, 3.05) is 26.4 Å². The van der Waals surface area contributed by atoms with Crippen LogP contribution in [0.2, 0.25) is 0 Å². The van der Waals surface area contributed by atoms with Gasteiger partial charge >= 0.3 is 11.9 Å². The lowest BCUT2D eigenvalue weighted by Crippen LogP contribution is -2.26. The molecule has 8 aromatic rings. The minimum atomic E-state index is -1.18. The van der Waals surface area contributed by atoms with Gasteiger partial charge in [0.1, 0.15) is 72.8 Å². The summed E-state index contributed by atoms with van der Waals surface area (Å²) in [5.41, 5.74) is 1.63. The summed E-state index contributed by atoms with van der Waals surface area (Å²) in [5, 5.41) is 49.6. The van der Waals surface area contributed by atoms with E-state index in [-0.39, 0.29) is 49.1 Å². The summed E-state index contributed by atoms with van der Waals surface area (Å²) in [5.74, 6) is -0.960. The van der Waals surface area contributed by atoms with Gasteiger partial charge in [-0.3, -0.25) is 0 Å². The molecule has 10 heteroatoms. The van der Waals surface area contributed by atoms with Crippen LogP contribution >= 0.6 is 0 Å². The lowest BCUT2D eigenvalue weighted by Gasteiger charge is -2.20. The first kappa shape index (κ1) is 38.7. The van der Waals surface area contributed by atoms with Gasteiger partial charge in [-0.1, -0.05) is 109 Å². The Hall–Kier alpha value is -7.14. The fourth-order valence-corrected chi connectivity index (χ4v) is 7.19. The highest BCUT2D eigenvalue weighted by atomic mass is 16.6. The van der Waals surface area contributed by atoms with E-state index in [1.165, 1.54) is 12.1 Å². The Balaban J connectivity index is 0.975. The Kier molecular flexibility index (Phi) is 11.3. The van der Waals surface area contributed by atoms with Crippen LogP contribution in [-0.2, 0) is 15.9 Å². The van der Waals surface area contributed by atoms with Crippen LogP contribution < -0.4 is 9.47 Å². The zero-order valence-corrected chi connectivity index (χ0v) is 31.8. The summed E-state index contributed by atoms with van der Waals surface area (Å²) in [7, 11) is 0. The summed E-state index contributed by atoms with van der Waals surface area (Å²) in [6, 6.07) is 44.0. The van der Waals surface area contributed by atoms with E-state index >= 15 is 0 Å². The van der Waals surface area contributed by atoms with Crippen LogP contribution in [0.15, 0.2) is 146 Å². The molecular formula is C49H40O10. The molecule has 0 aliphatic rings. The molecule has 10 nitrogen and oxygen atoms in total. The van der Waals surface area contributed by atoms with Gasteiger partial charge in [0.15, 0.2) is 0 Å². The topological polar surface area (TPSA) is 152 Å². The maximum absolute atomic E-state index is 12.9. The lowest BCUT2D eigenvalue weighted by atomic mass is 9.93. The minimum absolute atomic E-state index is 0.00317. The average molecular weight is 789 g/mol. The zero-order chi connectivity index (χ0) is 40.9. The van der Waals surface area contributed by atoms with Gasteiger partial charge < -0.3 is 39.4 Å². The molecular weight excluding hydrogens is 749 g/mol. The smallest absolute Gasteiger partial charge is 0.342 e. The van der Waals surface area contributed by atoms with Crippen LogP contribution in [0.25, 0.3) is 43.1 Å². The van der Waals surface area contributed by atoms with E-state index in [4.69, 9.17) is 18.9 Å².